The highest BCUT2D eigenvalue weighted by atomic mass is 32.2. The molecule has 20 heavy (non-hydrogen) atoms. The maximum atomic E-state index is 12.2. The van der Waals surface area contributed by atoms with Crippen LogP contribution in [0.2, 0.25) is 0 Å². The molecule has 0 aliphatic carbocycles. The molecule has 2 N–H and O–H groups in total. The summed E-state index contributed by atoms with van der Waals surface area (Å²) in [5.41, 5.74) is -0.227. The van der Waals surface area contributed by atoms with Gasteiger partial charge >= 0.3 is 5.69 Å². The molecule has 0 amide bonds. The lowest BCUT2D eigenvalue weighted by atomic mass is 10.2. The molecule has 112 valence electrons. The summed E-state index contributed by atoms with van der Waals surface area (Å²) in [4.78, 5) is 10.2. The van der Waals surface area contributed by atoms with Crippen molar-refractivity contribution in [2.45, 2.75) is 38.1 Å². The van der Waals surface area contributed by atoms with Gasteiger partial charge in [0, 0.05) is 12.6 Å². The fourth-order valence-corrected chi connectivity index (χ4v) is 3.19. The second kappa shape index (κ2) is 6.67. The predicted octanol–water partition coefficient (Wildman–Crippen LogP) is 2.10. The summed E-state index contributed by atoms with van der Waals surface area (Å²) in [6, 6.07) is 3.92. The minimum absolute atomic E-state index is 0.199. The Balaban J connectivity index is 3.37. The number of anilines is 1. The fraction of sp³-hybridized carbons (Fsp3) is 0.500. The first-order valence-corrected chi connectivity index (χ1v) is 7.85. The average molecular weight is 301 g/mol. The van der Waals surface area contributed by atoms with Gasteiger partial charge in [-0.15, -0.1) is 0 Å². The van der Waals surface area contributed by atoms with Crippen molar-refractivity contribution in [1.82, 2.24) is 4.72 Å². The van der Waals surface area contributed by atoms with Gasteiger partial charge in [0.05, 0.1) is 4.92 Å². The number of hydrogen-bond acceptors (Lipinski definition) is 5. The van der Waals surface area contributed by atoms with E-state index in [9.17, 15) is 18.5 Å². The van der Waals surface area contributed by atoms with E-state index in [1.807, 2.05) is 6.92 Å². The van der Waals surface area contributed by atoms with Gasteiger partial charge in [-0.3, -0.25) is 10.1 Å². The predicted molar refractivity (Wildman–Crippen MR) is 77.3 cm³/mol. The molecule has 1 unspecified atom stereocenters. The van der Waals surface area contributed by atoms with Crippen LogP contribution in [0.1, 0.15) is 27.2 Å². The average Bonchev–Trinajstić information content (AvgIpc) is 2.38. The normalized spacial score (nSPS) is 12.9. The van der Waals surface area contributed by atoms with Gasteiger partial charge in [-0.05, 0) is 32.4 Å². The topological polar surface area (TPSA) is 101 Å². The number of benzene rings is 1. The van der Waals surface area contributed by atoms with Crippen molar-refractivity contribution in [3.63, 3.8) is 0 Å². The van der Waals surface area contributed by atoms with Gasteiger partial charge in [0.1, 0.15) is 5.69 Å². The van der Waals surface area contributed by atoms with Crippen LogP contribution in [0.15, 0.2) is 23.1 Å². The van der Waals surface area contributed by atoms with Crippen LogP contribution in [0.4, 0.5) is 11.4 Å². The van der Waals surface area contributed by atoms with E-state index in [-0.39, 0.29) is 16.6 Å². The minimum Gasteiger partial charge on any atom is -0.380 e. The molecule has 1 atom stereocenters. The first-order chi connectivity index (χ1) is 9.33. The number of hydrogen-bond donors (Lipinski definition) is 2. The second-order valence-electron chi connectivity index (χ2n) is 4.37. The number of sulfonamides is 1. The number of para-hydroxylation sites is 1. The smallest absolute Gasteiger partial charge is 0.312 e. The molecule has 0 heterocycles. The summed E-state index contributed by atoms with van der Waals surface area (Å²) < 4.78 is 26.9. The summed E-state index contributed by atoms with van der Waals surface area (Å²) in [5.74, 6) is 0. The number of nitrogens with one attached hydrogen (secondary N) is 2. The van der Waals surface area contributed by atoms with Gasteiger partial charge < -0.3 is 5.32 Å². The maximum absolute atomic E-state index is 12.2. The van der Waals surface area contributed by atoms with Crippen LogP contribution < -0.4 is 10.0 Å². The molecule has 0 aliphatic rings. The third-order valence-electron chi connectivity index (χ3n) is 2.81. The van der Waals surface area contributed by atoms with Crippen LogP contribution >= 0.6 is 0 Å². The van der Waals surface area contributed by atoms with E-state index < -0.39 is 20.6 Å². The number of nitro groups is 1. The Kier molecular flexibility index (Phi) is 5.46. The van der Waals surface area contributed by atoms with Crippen molar-refractivity contribution in [2.75, 3.05) is 11.9 Å². The zero-order valence-electron chi connectivity index (χ0n) is 11.7. The monoisotopic (exact) mass is 301 g/mol. The maximum Gasteiger partial charge on any atom is 0.312 e. The number of nitro benzene ring substituents is 1. The van der Waals surface area contributed by atoms with Crippen molar-refractivity contribution in [3.8, 4) is 0 Å². The van der Waals surface area contributed by atoms with Crippen molar-refractivity contribution in [2.24, 2.45) is 0 Å². The van der Waals surface area contributed by atoms with Crippen molar-refractivity contribution < 1.29 is 13.3 Å². The van der Waals surface area contributed by atoms with Crippen LogP contribution in [-0.2, 0) is 10.0 Å². The van der Waals surface area contributed by atoms with Crippen molar-refractivity contribution >= 4 is 21.4 Å². The lowest BCUT2D eigenvalue weighted by molar-refractivity contribution is -0.386. The molecule has 1 aromatic carbocycles. The minimum atomic E-state index is -3.92. The largest absolute Gasteiger partial charge is 0.380 e. The van der Waals surface area contributed by atoms with E-state index >= 15 is 0 Å². The van der Waals surface area contributed by atoms with E-state index in [2.05, 4.69) is 10.0 Å². The molecule has 1 aromatic rings. The molecule has 1 rings (SSSR count). The van der Waals surface area contributed by atoms with Gasteiger partial charge in [-0.2, -0.15) is 0 Å². The molecule has 0 aromatic heterocycles. The van der Waals surface area contributed by atoms with Gasteiger partial charge in [-0.1, -0.05) is 13.0 Å². The summed E-state index contributed by atoms with van der Waals surface area (Å²) in [5, 5.41) is 14.0. The second-order valence-corrected chi connectivity index (χ2v) is 6.05. The molecule has 0 saturated carbocycles. The lowest BCUT2D eigenvalue weighted by Gasteiger charge is -2.13. The van der Waals surface area contributed by atoms with E-state index in [1.165, 1.54) is 18.2 Å². The molecule has 0 aliphatic heterocycles. The quantitative estimate of drug-likeness (QED) is 0.593. The van der Waals surface area contributed by atoms with E-state index in [1.54, 1.807) is 13.8 Å². The molecular formula is C12H19N3O4S. The van der Waals surface area contributed by atoms with Crippen LogP contribution in [0.3, 0.4) is 0 Å². The third-order valence-corrected chi connectivity index (χ3v) is 4.43. The van der Waals surface area contributed by atoms with E-state index in [0.717, 1.165) is 0 Å². The van der Waals surface area contributed by atoms with Crippen LogP contribution in [0, 0.1) is 10.1 Å². The van der Waals surface area contributed by atoms with Gasteiger partial charge in [0.2, 0.25) is 10.0 Å². The highest BCUT2D eigenvalue weighted by molar-refractivity contribution is 7.89. The molecule has 0 bridgehead atoms. The fourth-order valence-electron chi connectivity index (χ4n) is 1.67. The molecule has 7 nitrogen and oxygen atoms in total. The summed E-state index contributed by atoms with van der Waals surface area (Å²) >= 11 is 0. The first-order valence-electron chi connectivity index (χ1n) is 6.37. The van der Waals surface area contributed by atoms with Gasteiger partial charge in [-0.25, -0.2) is 13.1 Å². The Morgan fingerprint density at radius 3 is 2.50 bits per heavy atom. The van der Waals surface area contributed by atoms with Crippen molar-refractivity contribution in [3.05, 3.63) is 28.3 Å². The summed E-state index contributed by atoms with van der Waals surface area (Å²) in [6.45, 7) is 5.78. The van der Waals surface area contributed by atoms with E-state index in [4.69, 9.17) is 0 Å². The zero-order chi connectivity index (χ0) is 15.3. The Morgan fingerprint density at radius 1 is 1.35 bits per heavy atom. The summed E-state index contributed by atoms with van der Waals surface area (Å²) in [7, 11) is -3.92. The highest BCUT2D eigenvalue weighted by Crippen LogP contribution is 2.31. The SMILES string of the molecule is CCNc1cccc(S(=O)(=O)NC(C)CC)c1[N+](=O)[O-]. The standard InChI is InChI=1S/C12H19N3O4S/c1-4-9(3)14-20(18,19)11-8-6-7-10(13-5-2)12(11)15(16)17/h6-9,13-14H,4-5H2,1-3H3. The van der Waals surface area contributed by atoms with Gasteiger partial charge in [0.25, 0.3) is 0 Å². The zero-order valence-corrected chi connectivity index (χ0v) is 12.5. The third kappa shape index (κ3) is 3.67. The Bertz CT molecular complexity index is 586. The van der Waals surface area contributed by atoms with Gasteiger partial charge in [0.15, 0.2) is 4.90 Å². The number of rotatable bonds is 7. The van der Waals surface area contributed by atoms with Crippen LogP contribution in [-0.4, -0.2) is 25.9 Å². The first kappa shape index (κ1) is 16.4. The highest BCUT2D eigenvalue weighted by Gasteiger charge is 2.29. The molecule has 0 fully saturated rings. The Morgan fingerprint density at radius 2 is 2.00 bits per heavy atom. The number of nitrogens with zero attached hydrogens (tertiary/aromatic N) is 1. The lowest BCUT2D eigenvalue weighted by Crippen LogP contribution is -2.32. The van der Waals surface area contributed by atoms with Crippen LogP contribution in [0.5, 0.6) is 0 Å². The molecule has 0 radical (unpaired) electrons. The molecule has 0 spiro atoms. The Labute approximate surface area is 118 Å². The Hall–Kier alpha value is -1.67. The summed E-state index contributed by atoms with van der Waals surface area (Å²) in [6.07, 6.45) is 0.597. The molecular weight excluding hydrogens is 282 g/mol. The van der Waals surface area contributed by atoms with E-state index in [0.29, 0.717) is 13.0 Å². The van der Waals surface area contributed by atoms with Crippen LogP contribution in [0.25, 0.3) is 0 Å². The molecule has 0 saturated heterocycles. The molecule has 8 heteroatoms. The van der Waals surface area contributed by atoms with Crippen molar-refractivity contribution in [1.29, 1.82) is 0 Å².